The Kier molecular flexibility index (Phi) is 8.19. The largest absolute Gasteiger partial charge is 0.354 e. The van der Waals surface area contributed by atoms with E-state index >= 15 is 0 Å². The van der Waals surface area contributed by atoms with Crippen molar-refractivity contribution >= 4 is 18.3 Å². The molecule has 0 aromatic heterocycles. The van der Waals surface area contributed by atoms with Gasteiger partial charge < -0.3 is 15.5 Å². The number of nitrogens with zero attached hydrogens (tertiary/aromatic N) is 1. The topological polar surface area (TPSA) is 44.4 Å². The van der Waals surface area contributed by atoms with Crippen molar-refractivity contribution in [2.45, 2.75) is 38.1 Å². The normalized spacial score (nSPS) is 26.8. The van der Waals surface area contributed by atoms with Crippen molar-refractivity contribution < 1.29 is 4.79 Å². The smallest absolute Gasteiger partial charge is 0.237 e. The molecule has 2 saturated heterocycles. The molecule has 2 atom stereocenters. The van der Waals surface area contributed by atoms with Gasteiger partial charge in [0.05, 0.1) is 6.04 Å². The molecule has 0 saturated carbocycles. The number of carbonyl (C=O) groups excluding carboxylic acids is 1. The third-order valence-electron chi connectivity index (χ3n) is 4.19. The average molecular weight is 302 g/mol. The van der Waals surface area contributed by atoms with Gasteiger partial charge in [-0.25, -0.2) is 0 Å². The van der Waals surface area contributed by atoms with Crippen LogP contribution in [0.25, 0.3) is 0 Å². The summed E-state index contributed by atoms with van der Waals surface area (Å²) < 4.78 is 0. The summed E-state index contributed by atoms with van der Waals surface area (Å²) in [6.45, 7) is 9.02. The number of hydrogen-bond donors (Lipinski definition) is 2. The number of halogens is 1. The third kappa shape index (κ3) is 5.43. The molecule has 2 heterocycles. The van der Waals surface area contributed by atoms with Crippen molar-refractivity contribution in [3.8, 4) is 0 Å². The third-order valence-corrected chi connectivity index (χ3v) is 4.19. The van der Waals surface area contributed by atoms with Crippen molar-refractivity contribution in [1.82, 2.24) is 15.5 Å². The molecule has 2 rings (SSSR count). The molecule has 20 heavy (non-hydrogen) atoms. The lowest BCUT2D eigenvalue weighted by Gasteiger charge is -2.32. The van der Waals surface area contributed by atoms with Crippen LogP contribution in [0, 0.1) is 5.92 Å². The fourth-order valence-corrected chi connectivity index (χ4v) is 3.07. The lowest BCUT2D eigenvalue weighted by molar-refractivity contribution is -0.123. The minimum absolute atomic E-state index is 0. The van der Waals surface area contributed by atoms with E-state index in [1.54, 1.807) is 0 Å². The Morgan fingerprint density at radius 3 is 2.95 bits per heavy atom. The van der Waals surface area contributed by atoms with Crippen LogP contribution in [0.1, 0.15) is 32.1 Å². The molecule has 0 spiro atoms. The van der Waals surface area contributed by atoms with Gasteiger partial charge in [0.2, 0.25) is 5.91 Å². The summed E-state index contributed by atoms with van der Waals surface area (Å²) >= 11 is 0. The van der Waals surface area contributed by atoms with E-state index in [9.17, 15) is 4.79 Å². The summed E-state index contributed by atoms with van der Waals surface area (Å²) in [7, 11) is 0. The van der Waals surface area contributed by atoms with Gasteiger partial charge in [-0.15, -0.1) is 19.0 Å². The first kappa shape index (κ1) is 17.5. The van der Waals surface area contributed by atoms with Crippen molar-refractivity contribution in [1.29, 1.82) is 0 Å². The molecule has 4 nitrogen and oxygen atoms in total. The number of rotatable bonds is 6. The first-order valence-electron chi connectivity index (χ1n) is 7.64. The molecule has 2 aliphatic heterocycles. The highest BCUT2D eigenvalue weighted by Gasteiger charge is 2.24. The number of piperidine rings is 1. The number of hydrogen-bond acceptors (Lipinski definition) is 3. The molecule has 0 aromatic rings. The maximum absolute atomic E-state index is 11.9. The predicted octanol–water partition coefficient (Wildman–Crippen LogP) is 1.56. The van der Waals surface area contributed by atoms with Crippen LogP contribution in [0.2, 0.25) is 0 Å². The summed E-state index contributed by atoms with van der Waals surface area (Å²) in [5.74, 6) is 0.810. The van der Waals surface area contributed by atoms with E-state index in [2.05, 4.69) is 22.1 Å². The molecule has 2 unspecified atom stereocenters. The molecule has 0 aromatic carbocycles. The van der Waals surface area contributed by atoms with Crippen LogP contribution in [0.5, 0.6) is 0 Å². The minimum Gasteiger partial charge on any atom is -0.354 e. The zero-order chi connectivity index (χ0) is 13.5. The standard InChI is InChI=1S/C15H27N3O.ClH/c1-2-3-9-18-10-5-6-13(12-18)11-17-15(19)14-7-4-8-16-14;/h2,13-14,16H,1,3-12H2,(H,17,19);1H. The van der Waals surface area contributed by atoms with E-state index in [-0.39, 0.29) is 24.4 Å². The van der Waals surface area contributed by atoms with Gasteiger partial charge in [0.25, 0.3) is 0 Å². The van der Waals surface area contributed by atoms with E-state index < -0.39 is 0 Å². The molecule has 0 bridgehead atoms. The summed E-state index contributed by atoms with van der Waals surface area (Å²) in [4.78, 5) is 14.4. The second-order valence-electron chi connectivity index (χ2n) is 5.78. The number of carbonyl (C=O) groups is 1. The van der Waals surface area contributed by atoms with E-state index in [0.29, 0.717) is 5.92 Å². The van der Waals surface area contributed by atoms with E-state index in [1.165, 1.54) is 19.4 Å². The molecular formula is C15H28ClN3O. The second kappa shape index (κ2) is 9.37. The Morgan fingerprint density at radius 1 is 1.40 bits per heavy atom. The molecular weight excluding hydrogens is 274 g/mol. The van der Waals surface area contributed by atoms with Gasteiger partial charge >= 0.3 is 0 Å². The first-order valence-corrected chi connectivity index (χ1v) is 7.64. The molecule has 0 radical (unpaired) electrons. The summed E-state index contributed by atoms with van der Waals surface area (Å²) in [5, 5.41) is 6.37. The molecule has 2 aliphatic rings. The molecule has 2 N–H and O–H groups in total. The zero-order valence-electron chi connectivity index (χ0n) is 12.3. The molecule has 116 valence electrons. The lowest BCUT2D eigenvalue weighted by Crippen LogP contribution is -2.45. The van der Waals surface area contributed by atoms with Gasteiger partial charge in [-0.2, -0.15) is 0 Å². The predicted molar refractivity (Wildman–Crippen MR) is 85.3 cm³/mol. The van der Waals surface area contributed by atoms with E-state index in [0.717, 1.165) is 45.4 Å². The number of likely N-dealkylation sites (tertiary alicyclic amines) is 1. The van der Waals surface area contributed by atoms with Gasteiger partial charge in [-0.05, 0) is 51.1 Å². The second-order valence-corrected chi connectivity index (χ2v) is 5.78. The Balaban J connectivity index is 0.00000200. The summed E-state index contributed by atoms with van der Waals surface area (Å²) in [5.41, 5.74) is 0. The molecule has 2 fully saturated rings. The van der Waals surface area contributed by atoms with Gasteiger partial charge in [0.15, 0.2) is 0 Å². The van der Waals surface area contributed by atoms with Crippen LogP contribution >= 0.6 is 12.4 Å². The molecule has 0 aliphatic carbocycles. The van der Waals surface area contributed by atoms with Gasteiger partial charge in [-0.1, -0.05) is 6.08 Å². The lowest BCUT2D eigenvalue weighted by atomic mass is 9.97. The fraction of sp³-hybridized carbons (Fsp3) is 0.800. The van der Waals surface area contributed by atoms with Crippen molar-refractivity contribution in [2.24, 2.45) is 5.92 Å². The highest BCUT2D eigenvalue weighted by molar-refractivity contribution is 5.85. The Bertz CT molecular complexity index is 305. The van der Waals surface area contributed by atoms with Crippen molar-refractivity contribution in [3.05, 3.63) is 12.7 Å². The zero-order valence-corrected chi connectivity index (χ0v) is 13.1. The maximum Gasteiger partial charge on any atom is 0.237 e. The Hall–Kier alpha value is -0.580. The molecule has 5 heteroatoms. The van der Waals surface area contributed by atoms with Crippen molar-refractivity contribution in [2.75, 3.05) is 32.7 Å². The number of nitrogens with one attached hydrogen (secondary N) is 2. The highest BCUT2D eigenvalue weighted by Crippen LogP contribution is 2.16. The van der Waals surface area contributed by atoms with E-state index in [1.807, 2.05) is 6.08 Å². The highest BCUT2D eigenvalue weighted by atomic mass is 35.5. The van der Waals surface area contributed by atoms with Gasteiger partial charge in [0, 0.05) is 19.6 Å². The van der Waals surface area contributed by atoms with Crippen LogP contribution in [-0.4, -0.2) is 49.6 Å². The first-order chi connectivity index (χ1) is 9.29. The minimum atomic E-state index is 0. The summed E-state index contributed by atoms with van der Waals surface area (Å²) in [6.07, 6.45) is 7.64. The number of amides is 1. The fourth-order valence-electron chi connectivity index (χ4n) is 3.07. The maximum atomic E-state index is 11.9. The van der Waals surface area contributed by atoms with Crippen LogP contribution in [0.15, 0.2) is 12.7 Å². The van der Waals surface area contributed by atoms with Crippen LogP contribution in [0.3, 0.4) is 0 Å². The van der Waals surface area contributed by atoms with Crippen LogP contribution < -0.4 is 10.6 Å². The Labute approximate surface area is 128 Å². The Morgan fingerprint density at radius 2 is 2.25 bits per heavy atom. The van der Waals surface area contributed by atoms with Crippen molar-refractivity contribution in [3.63, 3.8) is 0 Å². The SMILES string of the molecule is C=CCCN1CCCC(CNC(=O)C2CCCN2)C1.Cl. The van der Waals surface area contributed by atoms with Gasteiger partial charge in [-0.3, -0.25) is 4.79 Å². The quantitative estimate of drug-likeness (QED) is 0.732. The van der Waals surface area contributed by atoms with Crippen LogP contribution in [0.4, 0.5) is 0 Å². The van der Waals surface area contributed by atoms with Crippen LogP contribution in [-0.2, 0) is 4.79 Å². The molecule has 1 amide bonds. The summed E-state index contributed by atoms with van der Waals surface area (Å²) in [6, 6.07) is 0.0560. The van der Waals surface area contributed by atoms with E-state index in [4.69, 9.17) is 0 Å². The average Bonchev–Trinajstić information content (AvgIpc) is 2.97. The van der Waals surface area contributed by atoms with Gasteiger partial charge in [0.1, 0.15) is 0 Å². The monoisotopic (exact) mass is 301 g/mol.